The van der Waals surface area contributed by atoms with Crippen LogP contribution >= 0.6 is 0 Å². The van der Waals surface area contributed by atoms with E-state index in [0.717, 1.165) is 56.3 Å². The van der Waals surface area contributed by atoms with Crippen LogP contribution < -0.4 is 10.1 Å². The molecule has 1 aromatic rings. The number of aliphatic imine (C=N–C) groups is 1. The third-order valence-corrected chi connectivity index (χ3v) is 5.50. The van der Waals surface area contributed by atoms with Crippen molar-refractivity contribution in [3.63, 3.8) is 0 Å². The van der Waals surface area contributed by atoms with E-state index in [2.05, 4.69) is 42.0 Å². The summed E-state index contributed by atoms with van der Waals surface area (Å²) < 4.78 is 11.5. The van der Waals surface area contributed by atoms with Gasteiger partial charge >= 0.3 is 0 Å². The molecule has 2 aliphatic rings. The zero-order chi connectivity index (χ0) is 21.6. The van der Waals surface area contributed by atoms with E-state index in [1.807, 2.05) is 30.1 Å². The first-order valence-electron chi connectivity index (χ1n) is 11.0. The number of amides is 1. The number of carbonyl (C=O) groups excluding carboxylic acids is 1. The van der Waals surface area contributed by atoms with Gasteiger partial charge in [-0.05, 0) is 39.7 Å². The Balaban J connectivity index is 1.53. The zero-order valence-corrected chi connectivity index (χ0v) is 18.8. The second-order valence-corrected chi connectivity index (χ2v) is 8.92. The number of morpholine rings is 1. The lowest BCUT2D eigenvalue weighted by molar-refractivity contribution is -0.140. The summed E-state index contributed by atoms with van der Waals surface area (Å²) in [4.78, 5) is 21.4. The number of piperidine rings is 1. The Morgan fingerprint density at radius 1 is 1.13 bits per heavy atom. The molecule has 2 heterocycles. The van der Waals surface area contributed by atoms with E-state index in [4.69, 9.17) is 9.47 Å². The van der Waals surface area contributed by atoms with E-state index in [0.29, 0.717) is 19.8 Å². The Labute approximate surface area is 180 Å². The van der Waals surface area contributed by atoms with E-state index >= 15 is 0 Å². The number of carbonyl (C=O) groups is 1. The van der Waals surface area contributed by atoms with Gasteiger partial charge < -0.3 is 24.6 Å². The van der Waals surface area contributed by atoms with E-state index in [9.17, 15) is 4.79 Å². The van der Waals surface area contributed by atoms with Gasteiger partial charge in [0.25, 0.3) is 0 Å². The molecule has 1 N–H and O–H groups in total. The quantitative estimate of drug-likeness (QED) is 0.604. The van der Waals surface area contributed by atoms with Crippen molar-refractivity contribution in [2.75, 3.05) is 46.4 Å². The Hall–Kier alpha value is -2.28. The van der Waals surface area contributed by atoms with Crippen molar-refractivity contribution in [3.8, 4) is 5.75 Å². The average Bonchev–Trinajstić information content (AvgIpc) is 2.75. The summed E-state index contributed by atoms with van der Waals surface area (Å²) in [5.74, 6) is 2.16. The molecule has 0 unspecified atom stereocenters. The van der Waals surface area contributed by atoms with Gasteiger partial charge in [0.15, 0.2) is 5.96 Å². The number of nitrogens with one attached hydrogen (secondary N) is 1. The highest BCUT2D eigenvalue weighted by Gasteiger charge is 2.30. The molecule has 0 saturated carbocycles. The van der Waals surface area contributed by atoms with Gasteiger partial charge in [-0.3, -0.25) is 9.79 Å². The molecule has 3 rings (SSSR count). The number of guanidine groups is 1. The maximum absolute atomic E-state index is 12.8. The number of nitrogens with zero attached hydrogens (tertiary/aromatic N) is 3. The van der Waals surface area contributed by atoms with Gasteiger partial charge in [-0.15, -0.1) is 0 Å². The van der Waals surface area contributed by atoms with Crippen molar-refractivity contribution in [2.45, 2.75) is 45.8 Å². The molecule has 2 fully saturated rings. The fourth-order valence-electron chi connectivity index (χ4n) is 3.97. The first kappa shape index (κ1) is 22.4. The van der Waals surface area contributed by atoms with Crippen LogP contribution in [0.5, 0.6) is 5.75 Å². The first-order valence-corrected chi connectivity index (χ1v) is 11.0. The lowest BCUT2D eigenvalue weighted by Gasteiger charge is -2.36. The van der Waals surface area contributed by atoms with Crippen LogP contribution in [0.1, 0.15) is 39.2 Å². The number of hydrogen-bond acceptors (Lipinski definition) is 4. The number of rotatable bonds is 4. The summed E-state index contributed by atoms with van der Waals surface area (Å²) >= 11 is 0. The predicted octanol–water partition coefficient (Wildman–Crippen LogP) is 2.51. The minimum Gasteiger partial charge on any atom is -0.488 e. The first-order chi connectivity index (χ1) is 14.4. The van der Waals surface area contributed by atoms with Crippen LogP contribution in [0.4, 0.5) is 0 Å². The maximum atomic E-state index is 12.8. The molecule has 7 heteroatoms. The highest BCUT2D eigenvalue weighted by atomic mass is 16.5. The molecule has 1 aromatic carbocycles. The zero-order valence-electron chi connectivity index (χ0n) is 18.8. The highest BCUT2D eigenvalue weighted by molar-refractivity contribution is 5.81. The third kappa shape index (κ3) is 6.11. The van der Waals surface area contributed by atoms with Crippen molar-refractivity contribution in [1.29, 1.82) is 0 Å². The van der Waals surface area contributed by atoms with Crippen LogP contribution in [-0.2, 0) is 16.1 Å². The molecule has 2 aliphatic heterocycles. The Kier molecular flexibility index (Phi) is 7.58. The van der Waals surface area contributed by atoms with E-state index in [1.54, 1.807) is 0 Å². The second-order valence-electron chi connectivity index (χ2n) is 8.92. The summed E-state index contributed by atoms with van der Waals surface area (Å²) in [6.07, 6.45) is 1.72. The van der Waals surface area contributed by atoms with Crippen LogP contribution in [0, 0.1) is 5.92 Å². The number of likely N-dealkylation sites (tertiary alicyclic amines) is 1. The largest absolute Gasteiger partial charge is 0.488 e. The molecule has 0 aliphatic carbocycles. The molecular weight excluding hydrogens is 380 g/mol. The summed E-state index contributed by atoms with van der Waals surface area (Å²) in [7, 11) is 1.81. The van der Waals surface area contributed by atoms with Gasteiger partial charge in [0.1, 0.15) is 11.4 Å². The number of para-hydroxylation sites is 1. The standard InChI is InChI=1S/C23H36N4O3/c1-23(2,3)30-20-8-6-5-7-19(20)17-25-22(24-4)27-11-9-18(10-12-27)21(28)26-13-15-29-16-14-26/h5-8,18H,9-17H2,1-4H3,(H,24,25). The van der Waals surface area contributed by atoms with Crippen molar-refractivity contribution in [1.82, 2.24) is 15.1 Å². The topological polar surface area (TPSA) is 66.4 Å². The van der Waals surface area contributed by atoms with Crippen molar-refractivity contribution in [2.24, 2.45) is 10.9 Å². The minimum absolute atomic E-state index is 0.110. The van der Waals surface area contributed by atoms with Gasteiger partial charge in [-0.1, -0.05) is 18.2 Å². The molecule has 1 amide bonds. The highest BCUT2D eigenvalue weighted by Crippen LogP contribution is 2.24. The van der Waals surface area contributed by atoms with Crippen molar-refractivity contribution >= 4 is 11.9 Å². The molecule has 7 nitrogen and oxygen atoms in total. The molecule has 30 heavy (non-hydrogen) atoms. The summed E-state index contributed by atoms with van der Waals surface area (Å²) in [6.45, 7) is 11.2. The molecule has 166 valence electrons. The van der Waals surface area contributed by atoms with E-state index in [-0.39, 0.29) is 17.4 Å². The normalized spacial score (nSPS) is 19.0. The van der Waals surface area contributed by atoms with E-state index < -0.39 is 0 Å². The smallest absolute Gasteiger partial charge is 0.225 e. The number of benzene rings is 1. The lowest BCUT2D eigenvalue weighted by Crippen LogP contribution is -2.49. The van der Waals surface area contributed by atoms with Gasteiger partial charge in [-0.2, -0.15) is 0 Å². The molecule has 0 atom stereocenters. The monoisotopic (exact) mass is 416 g/mol. The molecule has 2 saturated heterocycles. The fourth-order valence-corrected chi connectivity index (χ4v) is 3.97. The van der Waals surface area contributed by atoms with Gasteiger partial charge in [0.2, 0.25) is 5.91 Å². The third-order valence-electron chi connectivity index (χ3n) is 5.50. The summed E-state index contributed by atoms with van der Waals surface area (Å²) in [5, 5.41) is 3.47. The van der Waals surface area contributed by atoms with Crippen LogP contribution in [0.3, 0.4) is 0 Å². The fraction of sp³-hybridized carbons (Fsp3) is 0.652. The van der Waals surface area contributed by atoms with E-state index in [1.165, 1.54) is 0 Å². The maximum Gasteiger partial charge on any atom is 0.225 e. The van der Waals surface area contributed by atoms with Gasteiger partial charge in [0.05, 0.1) is 13.2 Å². The Morgan fingerprint density at radius 2 is 1.80 bits per heavy atom. The number of ether oxygens (including phenoxy) is 2. The van der Waals surface area contributed by atoms with Crippen LogP contribution in [0.2, 0.25) is 0 Å². The molecule has 0 aromatic heterocycles. The molecular formula is C23H36N4O3. The number of hydrogen-bond donors (Lipinski definition) is 1. The van der Waals surface area contributed by atoms with Crippen LogP contribution in [0.25, 0.3) is 0 Å². The molecule has 0 bridgehead atoms. The molecule has 0 spiro atoms. The summed E-state index contributed by atoms with van der Waals surface area (Å²) in [6, 6.07) is 8.11. The van der Waals surface area contributed by atoms with Crippen LogP contribution in [0.15, 0.2) is 29.3 Å². The SMILES string of the molecule is CN=C(NCc1ccccc1OC(C)(C)C)N1CCC(C(=O)N2CCOCC2)CC1. The second kappa shape index (κ2) is 10.2. The Bertz CT molecular complexity index is 730. The Morgan fingerprint density at radius 3 is 2.43 bits per heavy atom. The predicted molar refractivity (Wildman–Crippen MR) is 119 cm³/mol. The van der Waals surface area contributed by atoms with Crippen molar-refractivity contribution in [3.05, 3.63) is 29.8 Å². The minimum atomic E-state index is -0.243. The van der Waals surface area contributed by atoms with Gasteiger partial charge in [-0.25, -0.2) is 0 Å². The van der Waals surface area contributed by atoms with Gasteiger partial charge in [0, 0.05) is 51.3 Å². The lowest BCUT2D eigenvalue weighted by atomic mass is 9.95. The summed E-state index contributed by atoms with van der Waals surface area (Å²) in [5.41, 5.74) is 0.859. The average molecular weight is 417 g/mol. The van der Waals surface area contributed by atoms with Crippen molar-refractivity contribution < 1.29 is 14.3 Å². The molecule has 0 radical (unpaired) electrons. The van der Waals surface area contributed by atoms with Crippen LogP contribution in [-0.4, -0.2) is 73.7 Å².